The van der Waals surface area contributed by atoms with Crippen LogP contribution in [0.2, 0.25) is 5.02 Å². The van der Waals surface area contributed by atoms with Crippen molar-refractivity contribution in [2.75, 3.05) is 13.7 Å². The second-order valence-electron chi connectivity index (χ2n) is 4.64. The second-order valence-corrected chi connectivity index (χ2v) is 5.08. The zero-order chi connectivity index (χ0) is 14.4. The smallest absolute Gasteiger partial charge is 0.224 e. The molecule has 0 heterocycles. The van der Waals surface area contributed by atoms with Gasteiger partial charge in [0.2, 0.25) is 5.91 Å². The van der Waals surface area contributed by atoms with E-state index in [4.69, 9.17) is 22.1 Å². The largest absolute Gasteiger partial charge is 0.375 e. The Morgan fingerprint density at radius 3 is 2.42 bits per heavy atom. The molecule has 0 bridgehead atoms. The average Bonchev–Trinajstić information content (AvgIpc) is 2.40. The summed E-state index contributed by atoms with van der Waals surface area (Å²) in [7, 11) is 1.62. The number of nitrogens with one attached hydrogen (secondary N) is 1. The number of halogens is 1. The van der Waals surface area contributed by atoms with Crippen LogP contribution in [0.5, 0.6) is 0 Å². The third kappa shape index (κ3) is 4.49. The number of methoxy groups -OCH3 is 1. The van der Waals surface area contributed by atoms with Gasteiger partial charge in [0.05, 0.1) is 6.04 Å². The summed E-state index contributed by atoms with van der Waals surface area (Å²) >= 11 is 5.86. The third-order valence-electron chi connectivity index (χ3n) is 3.08. The van der Waals surface area contributed by atoms with Crippen LogP contribution in [0.1, 0.15) is 25.5 Å². The van der Waals surface area contributed by atoms with E-state index < -0.39 is 0 Å². The van der Waals surface area contributed by atoms with Gasteiger partial charge in [-0.15, -0.1) is 0 Å². The maximum Gasteiger partial charge on any atom is 0.224 e. The molecule has 0 radical (unpaired) electrons. The van der Waals surface area contributed by atoms with Crippen molar-refractivity contribution < 1.29 is 9.53 Å². The summed E-state index contributed by atoms with van der Waals surface area (Å²) in [5.41, 5.74) is 6.45. The molecule has 1 amide bonds. The lowest BCUT2D eigenvalue weighted by atomic mass is 10.0. The number of ether oxygens (including phenoxy) is 1. The zero-order valence-corrected chi connectivity index (χ0v) is 12.3. The van der Waals surface area contributed by atoms with E-state index in [0.29, 0.717) is 11.6 Å². The first kappa shape index (κ1) is 16.0. The highest BCUT2D eigenvalue weighted by Crippen LogP contribution is 2.22. The van der Waals surface area contributed by atoms with Crippen LogP contribution >= 0.6 is 11.6 Å². The monoisotopic (exact) mass is 284 g/mol. The Morgan fingerprint density at radius 1 is 1.37 bits per heavy atom. The molecule has 3 N–H and O–H groups in total. The maximum atomic E-state index is 11.8. The quantitative estimate of drug-likeness (QED) is 0.841. The number of nitrogens with two attached hydrogens (primary N) is 1. The van der Waals surface area contributed by atoms with Gasteiger partial charge >= 0.3 is 0 Å². The van der Waals surface area contributed by atoms with Gasteiger partial charge in [0.25, 0.3) is 0 Å². The van der Waals surface area contributed by atoms with Gasteiger partial charge in [0, 0.05) is 24.6 Å². The molecule has 0 aliphatic carbocycles. The van der Waals surface area contributed by atoms with Crippen molar-refractivity contribution in [3.05, 3.63) is 34.9 Å². The van der Waals surface area contributed by atoms with Gasteiger partial charge in [-0.25, -0.2) is 0 Å². The Hall–Kier alpha value is -1.10. The summed E-state index contributed by atoms with van der Waals surface area (Å²) in [6, 6.07) is 7.25. The highest BCUT2D eigenvalue weighted by molar-refractivity contribution is 6.30. The van der Waals surface area contributed by atoms with Crippen molar-refractivity contribution >= 4 is 17.5 Å². The molecule has 3 atom stereocenters. The van der Waals surface area contributed by atoms with Crippen LogP contribution in [0.25, 0.3) is 0 Å². The van der Waals surface area contributed by atoms with Crippen LogP contribution in [-0.4, -0.2) is 25.6 Å². The standard InChI is InChI=1S/C14H21ClN2O2/c1-9(8-16)14(18)17-10(2)13(19-3)11-4-6-12(15)7-5-11/h4-7,9-10,13H,8,16H2,1-3H3,(H,17,18). The van der Waals surface area contributed by atoms with Crippen molar-refractivity contribution in [1.82, 2.24) is 5.32 Å². The van der Waals surface area contributed by atoms with E-state index in [1.165, 1.54) is 0 Å². The number of amides is 1. The maximum absolute atomic E-state index is 11.8. The van der Waals surface area contributed by atoms with Gasteiger partial charge < -0.3 is 15.8 Å². The Bertz CT molecular complexity index is 408. The minimum atomic E-state index is -0.216. The fraction of sp³-hybridized carbons (Fsp3) is 0.500. The molecule has 4 nitrogen and oxygen atoms in total. The van der Waals surface area contributed by atoms with Crippen molar-refractivity contribution in [1.29, 1.82) is 0 Å². The highest BCUT2D eigenvalue weighted by atomic mass is 35.5. The zero-order valence-electron chi connectivity index (χ0n) is 11.5. The molecule has 3 unspecified atom stereocenters. The summed E-state index contributed by atoms with van der Waals surface area (Å²) in [6.07, 6.45) is -0.216. The van der Waals surface area contributed by atoms with Gasteiger partial charge in [-0.05, 0) is 24.6 Å². The van der Waals surface area contributed by atoms with Gasteiger partial charge in [-0.2, -0.15) is 0 Å². The fourth-order valence-electron chi connectivity index (χ4n) is 1.83. The topological polar surface area (TPSA) is 64.3 Å². The molecule has 19 heavy (non-hydrogen) atoms. The van der Waals surface area contributed by atoms with E-state index >= 15 is 0 Å². The normalized spacial score (nSPS) is 15.6. The third-order valence-corrected chi connectivity index (χ3v) is 3.33. The van der Waals surface area contributed by atoms with E-state index in [2.05, 4.69) is 5.32 Å². The minimum absolute atomic E-state index is 0.0639. The van der Waals surface area contributed by atoms with Crippen LogP contribution in [0.15, 0.2) is 24.3 Å². The molecular weight excluding hydrogens is 264 g/mol. The molecule has 0 aliphatic rings. The van der Waals surface area contributed by atoms with Crippen LogP contribution in [0.3, 0.4) is 0 Å². The van der Waals surface area contributed by atoms with Crippen molar-refractivity contribution in [3.63, 3.8) is 0 Å². The first-order valence-corrected chi connectivity index (χ1v) is 6.66. The van der Waals surface area contributed by atoms with E-state index in [9.17, 15) is 4.79 Å². The fourth-order valence-corrected chi connectivity index (χ4v) is 1.96. The molecule has 0 aromatic heterocycles. The molecule has 0 saturated carbocycles. The van der Waals surface area contributed by atoms with Crippen LogP contribution in [0.4, 0.5) is 0 Å². The summed E-state index contributed by atoms with van der Waals surface area (Å²) in [4.78, 5) is 11.8. The number of hydrogen-bond donors (Lipinski definition) is 2. The summed E-state index contributed by atoms with van der Waals surface area (Å²) < 4.78 is 5.46. The van der Waals surface area contributed by atoms with Gasteiger partial charge in [0.1, 0.15) is 6.10 Å². The SMILES string of the molecule is COC(c1ccc(Cl)cc1)C(C)NC(=O)C(C)CN. The Balaban J connectivity index is 2.74. The molecule has 1 aromatic carbocycles. The molecule has 0 saturated heterocycles. The number of carbonyl (C=O) groups is 1. The lowest BCUT2D eigenvalue weighted by Gasteiger charge is -2.25. The number of carbonyl (C=O) groups excluding carboxylic acids is 1. The van der Waals surface area contributed by atoms with Crippen molar-refractivity contribution in [2.45, 2.75) is 26.0 Å². The summed E-state index contributed by atoms with van der Waals surface area (Å²) in [5.74, 6) is -0.267. The van der Waals surface area contributed by atoms with E-state index in [1.54, 1.807) is 26.2 Å². The second kappa shape index (κ2) is 7.48. The molecule has 1 aromatic rings. The van der Waals surface area contributed by atoms with E-state index in [1.807, 2.05) is 19.1 Å². The first-order valence-electron chi connectivity index (χ1n) is 6.28. The first-order chi connectivity index (χ1) is 8.99. The molecule has 0 aliphatic heterocycles. The van der Waals surface area contributed by atoms with E-state index in [0.717, 1.165) is 5.56 Å². The number of benzene rings is 1. The van der Waals surface area contributed by atoms with Crippen LogP contribution in [-0.2, 0) is 9.53 Å². The molecule has 0 spiro atoms. The van der Waals surface area contributed by atoms with Crippen LogP contribution in [0, 0.1) is 5.92 Å². The van der Waals surface area contributed by atoms with E-state index in [-0.39, 0.29) is 24.0 Å². The Kier molecular flexibility index (Phi) is 6.28. The summed E-state index contributed by atoms with van der Waals surface area (Å²) in [6.45, 7) is 4.03. The minimum Gasteiger partial charge on any atom is -0.375 e. The van der Waals surface area contributed by atoms with Gasteiger partial charge in [0.15, 0.2) is 0 Å². The molecule has 5 heteroatoms. The van der Waals surface area contributed by atoms with Crippen LogP contribution < -0.4 is 11.1 Å². The molecule has 0 fully saturated rings. The lowest BCUT2D eigenvalue weighted by molar-refractivity contribution is -0.125. The Labute approximate surface area is 119 Å². The predicted octanol–water partition coefficient (Wildman–Crippen LogP) is 2.13. The van der Waals surface area contributed by atoms with Crippen molar-refractivity contribution in [2.24, 2.45) is 11.7 Å². The molecule has 1 rings (SSSR count). The summed E-state index contributed by atoms with van der Waals surface area (Å²) in [5, 5.41) is 3.59. The molecular formula is C14H21ClN2O2. The average molecular weight is 285 g/mol. The van der Waals surface area contributed by atoms with Crippen molar-refractivity contribution in [3.8, 4) is 0 Å². The van der Waals surface area contributed by atoms with Gasteiger partial charge in [-0.3, -0.25) is 4.79 Å². The lowest BCUT2D eigenvalue weighted by Crippen LogP contribution is -2.42. The predicted molar refractivity (Wildman–Crippen MR) is 77.0 cm³/mol. The molecule has 106 valence electrons. The Morgan fingerprint density at radius 2 is 1.95 bits per heavy atom. The highest BCUT2D eigenvalue weighted by Gasteiger charge is 2.22. The number of rotatable bonds is 6. The number of hydrogen-bond acceptors (Lipinski definition) is 3. The van der Waals surface area contributed by atoms with Gasteiger partial charge in [-0.1, -0.05) is 30.7 Å².